The molecule has 0 bridgehead atoms. The lowest BCUT2D eigenvalue weighted by Crippen LogP contribution is -2.22. The molecule has 23 heavy (non-hydrogen) atoms. The van der Waals surface area contributed by atoms with E-state index in [1.165, 1.54) is 0 Å². The van der Waals surface area contributed by atoms with Crippen LogP contribution in [0.25, 0.3) is 0 Å². The van der Waals surface area contributed by atoms with Gasteiger partial charge in [-0.2, -0.15) is 0 Å². The molecule has 120 valence electrons. The Morgan fingerprint density at radius 3 is 2.52 bits per heavy atom. The van der Waals surface area contributed by atoms with Gasteiger partial charge in [-0.1, -0.05) is 36.4 Å². The molecule has 0 aliphatic heterocycles. The fourth-order valence-corrected chi connectivity index (χ4v) is 2.65. The van der Waals surface area contributed by atoms with E-state index >= 15 is 0 Å². The summed E-state index contributed by atoms with van der Waals surface area (Å²) in [4.78, 5) is 24.7. The van der Waals surface area contributed by atoms with E-state index in [1.54, 1.807) is 11.8 Å². The summed E-state index contributed by atoms with van der Waals surface area (Å²) in [5.41, 5.74) is 2.66. The number of aryl methyl sites for hydroxylation is 1. The molecule has 1 amide bonds. The number of carbonyl (C=O) groups excluding carboxylic acids is 2. The number of amides is 1. The molecule has 0 unspecified atom stereocenters. The van der Waals surface area contributed by atoms with Gasteiger partial charge >= 0.3 is 5.97 Å². The van der Waals surface area contributed by atoms with E-state index < -0.39 is 5.97 Å². The lowest BCUT2D eigenvalue weighted by molar-refractivity contribution is -0.146. The Labute approximate surface area is 140 Å². The maximum absolute atomic E-state index is 11.9. The van der Waals surface area contributed by atoms with Crippen LogP contribution in [0.3, 0.4) is 0 Å². The number of anilines is 1. The van der Waals surface area contributed by atoms with Crippen molar-refractivity contribution in [2.75, 3.05) is 18.2 Å². The van der Waals surface area contributed by atoms with Crippen molar-refractivity contribution < 1.29 is 14.3 Å². The van der Waals surface area contributed by atoms with E-state index in [4.69, 9.17) is 4.74 Å². The largest absolute Gasteiger partial charge is 0.455 e. The molecule has 0 fully saturated rings. The molecule has 0 radical (unpaired) electrons. The Bertz CT molecular complexity index is 700. The minimum absolute atomic E-state index is 0.168. The molecular weight excluding hydrogens is 310 g/mol. The lowest BCUT2D eigenvalue weighted by atomic mass is 10.1. The number of thioether (sulfide) groups is 1. The normalized spacial score (nSPS) is 10.2. The minimum atomic E-state index is -0.410. The topological polar surface area (TPSA) is 55.4 Å². The molecule has 0 aliphatic rings. The highest BCUT2D eigenvalue weighted by Gasteiger charge is 2.11. The first-order chi connectivity index (χ1) is 11.1. The van der Waals surface area contributed by atoms with Gasteiger partial charge in [0, 0.05) is 4.90 Å². The first-order valence-electron chi connectivity index (χ1n) is 7.23. The number of esters is 1. The zero-order valence-corrected chi connectivity index (χ0v) is 14.0. The first kappa shape index (κ1) is 17.1. The van der Waals surface area contributed by atoms with Crippen molar-refractivity contribution in [2.45, 2.75) is 18.2 Å². The molecule has 0 saturated carbocycles. The van der Waals surface area contributed by atoms with Gasteiger partial charge in [-0.05, 0) is 36.4 Å². The van der Waals surface area contributed by atoms with Crippen molar-refractivity contribution in [3.05, 3.63) is 59.7 Å². The molecule has 1 N–H and O–H groups in total. The molecular formula is C18H19NO3S. The third kappa shape index (κ3) is 5.14. The van der Waals surface area contributed by atoms with E-state index in [9.17, 15) is 9.59 Å². The third-order valence-electron chi connectivity index (χ3n) is 3.34. The van der Waals surface area contributed by atoms with Crippen LogP contribution in [0.2, 0.25) is 0 Å². The Morgan fingerprint density at radius 1 is 1.09 bits per heavy atom. The molecule has 0 saturated heterocycles. The summed E-state index contributed by atoms with van der Waals surface area (Å²) >= 11 is 1.54. The highest BCUT2D eigenvalue weighted by atomic mass is 32.2. The summed E-state index contributed by atoms with van der Waals surface area (Å²) in [6.07, 6.45) is 2.11. The van der Waals surface area contributed by atoms with Gasteiger partial charge in [0.2, 0.25) is 0 Å². The van der Waals surface area contributed by atoms with Crippen molar-refractivity contribution in [1.29, 1.82) is 0 Å². The van der Waals surface area contributed by atoms with Crippen molar-refractivity contribution >= 4 is 29.3 Å². The number of para-hydroxylation sites is 1. The van der Waals surface area contributed by atoms with Crippen LogP contribution in [-0.4, -0.2) is 24.7 Å². The zero-order chi connectivity index (χ0) is 16.7. The van der Waals surface area contributed by atoms with Crippen LogP contribution in [0, 0.1) is 6.92 Å². The van der Waals surface area contributed by atoms with Gasteiger partial charge in [0.1, 0.15) is 0 Å². The van der Waals surface area contributed by atoms with Crippen LogP contribution < -0.4 is 5.32 Å². The summed E-state index contributed by atoms with van der Waals surface area (Å²) < 4.78 is 5.05. The van der Waals surface area contributed by atoms with Gasteiger partial charge in [-0.15, -0.1) is 11.8 Å². The van der Waals surface area contributed by atoms with Crippen LogP contribution in [0.4, 0.5) is 5.69 Å². The predicted molar refractivity (Wildman–Crippen MR) is 92.7 cm³/mol. The maximum atomic E-state index is 11.9. The molecule has 2 rings (SSSR count). The Balaban J connectivity index is 1.84. The average molecular weight is 329 g/mol. The van der Waals surface area contributed by atoms with E-state index in [0.29, 0.717) is 0 Å². The predicted octanol–water partition coefficient (Wildman–Crippen LogP) is 3.44. The van der Waals surface area contributed by atoms with Gasteiger partial charge in [-0.25, -0.2) is 0 Å². The molecule has 0 atom stereocenters. The fraction of sp³-hybridized carbons (Fsp3) is 0.222. The number of hydrogen-bond acceptors (Lipinski definition) is 4. The standard InChI is InChI=1S/C18H19NO3S/c1-13-7-3-4-8-14(13)11-18(21)22-12-17(20)19-15-9-5-6-10-16(15)23-2/h3-10H,11-12H2,1-2H3,(H,19,20). The van der Waals surface area contributed by atoms with Gasteiger partial charge in [0.05, 0.1) is 12.1 Å². The Morgan fingerprint density at radius 2 is 1.78 bits per heavy atom. The smallest absolute Gasteiger partial charge is 0.310 e. The summed E-state index contributed by atoms with van der Waals surface area (Å²) in [5, 5.41) is 2.76. The maximum Gasteiger partial charge on any atom is 0.310 e. The number of carbonyl (C=O) groups is 2. The number of rotatable bonds is 6. The summed E-state index contributed by atoms with van der Waals surface area (Å²) in [6, 6.07) is 15.1. The molecule has 2 aromatic carbocycles. The van der Waals surface area contributed by atoms with Crippen LogP contribution in [0.15, 0.2) is 53.4 Å². The van der Waals surface area contributed by atoms with Gasteiger partial charge in [0.15, 0.2) is 6.61 Å². The summed E-state index contributed by atoms with van der Waals surface area (Å²) in [7, 11) is 0. The minimum Gasteiger partial charge on any atom is -0.455 e. The molecule has 0 spiro atoms. The van der Waals surface area contributed by atoms with Crippen molar-refractivity contribution in [3.8, 4) is 0 Å². The highest BCUT2D eigenvalue weighted by molar-refractivity contribution is 7.98. The lowest BCUT2D eigenvalue weighted by Gasteiger charge is -2.10. The SMILES string of the molecule is CSc1ccccc1NC(=O)COC(=O)Cc1ccccc1C. The number of ether oxygens (including phenoxy) is 1. The van der Waals surface area contributed by atoms with Crippen molar-refractivity contribution in [3.63, 3.8) is 0 Å². The zero-order valence-electron chi connectivity index (χ0n) is 13.2. The van der Waals surface area contributed by atoms with Crippen LogP contribution in [0.5, 0.6) is 0 Å². The Hall–Kier alpha value is -2.27. The van der Waals surface area contributed by atoms with E-state index in [0.717, 1.165) is 21.7 Å². The number of hydrogen-bond donors (Lipinski definition) is 1. The molecule has 4 nitrogen and oxygen atoms in total. The second-order valence-electron chi connectivity index (χ2n) is 5.01. The molecule has 0 aliphatic carbocycles. The third-order valence-corrected chi connectivity index (χ3v) is 4.14. The van der Waals surface area contributed by atoms with Crippen LogP contribution in [0.1, 0.15) is 11.1 Å². The van der Waals surface area contributed by atoms with Crippen LogP contribution >= 0.6 is 11.8 Å². The van der Waals surface area contributed by atoms with E-state index in [2.05, 4.69) is 5.32 Å². The van der Waals surface area contributed by atoms with Crippen molar-refractivity contribution in [2.24, 2.45) is 0 Å². The quantitative estimate of drug-likeness (QED) is 0.651. The second kappa shape index (κ2) is 8.39. The van der Waals surface area contributed by atoms with Crippen LogP contribution in [-0.2, 0) is 20.7 Å². The second-order valence-corrected chi connectivity index (χ2v) is 5.86. The molecule has 0 aromatic heterocycles. The number of nitrogens with one attached hydrogen (secondary N) is 1. The van der Waals surface area contributed by atoms with E-state index in [-0.39, 0.29) is 18.9 Å². The summed E-state index contributed by atoms with van der Waals surface area (Å²) in [5.74, 6) is -0.753. The summed E-state index contributed by atoms with van der Waals surface area (Å²) in [6.45, 7) is 1.65. The van der Waals surface area contributed by atoms with E-state index in [1.807, 2.05) is 61.7 Å². The first-order valence-corrected chi connectivity index (χ1v) is 8.45. The van der Waals surface area contributed by atoms with Gasteiger partial charge in [-0.3, -0.25) is 9.59 Å². The highest BCUT2D eigenvalue weighted by Crippen LogP contribution is 2.24. The fourth-order valence-electron chi connectivity index (χ4n) is 2.10. The average Bonchev–Trinajstić information content (AvgIpc) is 2.55. The molecule has 0 heterocycles. The monoisotopic (exact) mass is 329 g/mol. The van der Waals surface area contributed by atoms with Gasteiger partial charge < -0.3 is 10.1 Å². The van der Waals surface area contributed by atoms with Crippen molar-refractivity contribution in [1.82, 2.24) is 0 Å². The Kier molecular flexibility index (Phi) is 6.23. The number of benzene rings is 2. The van der Waals surface area contributed by atoms with Gasteiger partial charge in [0.25, 0.3) is 5.91 Å². The molecule has 5 heteroatoms. The molecule has 2 aromatic rings.